The molecule has 0 aromatic carbocycles. The van der Waals surface area contributed by atoms with Crippen molar-refractivity contribution in [3.05, 3.63) is 36.0 Å². The monoisotopic (exact) mass is 238 g/mol. The van der Waals surface area contributed by atoms with Crippen molar-refractivity contribution < 1.29 is 9.53 Å². The molecule has 0 saturated heterocycles. The Morgan fingerprint density at radius 2 is 2.39 bits per heavy atom. The van der Waals surface area contributed by atoms with Crippen molar-refractivity contribution in [3.63, 3.8) is 0 Å². The molecule has 2 aliphatic rings. The zero-order chi connectivity index (χ0) is 13.0. The molecule has 18 heavy (non-hydrogen) atoms. The molecule has 0 aromatic rings. The van der Waals surface area contributed by atoms with Crippen LogP contribution in [0.1, 0.15) is 19.8 Å². The molecule has 0 saturated carbocycles. The zero-order valence-corrected chi connectivity index (χ0v) is 10.3. The molecule has 0 radical (unpaired) electrons. The minimum absolute atomic E-state index is 0.254. The first kappa shape index (κ1) is 12.3. The van der Waals surface area contributed by atoms with E-state index in [1.54, 1.807) is 6.08 Å². The number of esters is 1. The van der Waals surface area contributed by atoms with Crippen molar-refractivity contribution in [2.45, 2.75) is 25.9 Å². The first-order valence-corrected chi connectivity index (χ1v) is 5.92. The van der Waals surface area contributed by atoms with Crippen LogP contribution in [0.4, 0.5) is 0 Å². The summed E-state index contributed by atoms with van der Waals surface area (Å²) in [6.45, 7) is 5.10. The van der Waals surface area contributed by atoms with Crippen molar-refractivity contribution in [2.24, 2.45) is 5.92 Å². The van der Waals surface area contributed by atoms with Gasteiger partial charge in [-0.25, -0.2) is 0 Å². The largest absolute Gasteiger partial charge is 0.448 e. The molecule has 2 rings (SSSR count). The molecule has 0 N–H and O–H groups in total. The maximum atomic E-state index is 11.1. The summed E-state index contributed by atoms with van der Waals surface area (Å²) in [6.07, 6.45) is 7.13. The van der Waals surface area contributed by atoms with Crippen LogP contribution in [0.25, 0.3) is 0 Å². The second-order valence-electron chi connectivity index (χ2n) is 4.18. The summed E-state index contributed by atoms with van der Waals surface area (Å²) < 4.78 is 5.17. The van der Waals surface area contributed by atoms with E-state index in [0.29, 0.717) is 0 Å². The third kappa shape index (κ3) is 2.73. The molecule has 0 aliphatic heterocycles. The normalized spacial score (nSPS) is 27.4. The lowest BCUT2D eigenvalue weighted by Crippen LogP contribution is -2.22. The average molecular weight is 238 g/mol. The minimum Gasteiger partial charge on any atom is -0.448 e. The molecule has 2 heteroatoms. The highest BCUT2D eigenvalue weighted by Crippen LogP contribution is 2.24. The third-order valence-corrected chi connectivity index (χ3v) is 2.83. The van der Waals surface area contributed by atoms with Crippen molar-refractivity contribution in [1.29, 1.82) is 0 Å². The third-order valence-electron chi connectivity index (χ3n) is 2.83. The van der Waals surface area contributed by atoms with Gasteiger partial charge in [-0.05, 0) is 24.5 Å². The van der Waals surface area contributed by atoms with E-state index in [9.17, 15) is 4.79 Å². The highest BCUT2D eigenvalue weighted by Gasteiger charge is 2.19. The fraction of sp³-hybridized carbons (Fsp3) is 0.312. The molecule has 2 nitrogen and oxygen atoms in total. The van der Waals surface area contributed by atoms with Gasteiger partial charge in [0.25, 0.3) is 0 Å². The molecule has 0 aromatic heterocycles. The molecular formula is C16H14O2. The fourth-order valence-electron chi connectivity index (χ4n) is 1.92. The number of hydrogen-bond acceptors (Lipinski definition) is 2. The van der Waals surface area contributed by atoms with Gasteiger partial charge in [-0.2, -0.15) is 0 Å². The van der Waals surface area contributed by atoms with Gasteiger partial charge >= 0.3 is 5.97 Å². The van der Waals surface area contributed by atoms with Crippen LogP contribution >= 0.6 is 0 Å². The van der Waals surface area contributed by atoms with E-state index in [2.05, 4.69) is 36.3 Å². The lowest BCUT2D eigenvalue weighted by atomic mass is 10.0. The van der Waals surface area contributed by atoms with Gasteiger partial charge in [0.1, 0.15) is 0 Å². The highest BCUT2D eigenvalue weighted by molar-refractivity contribution is 5.66. The Kier molecular flexibility index (Phi) is 3.70. The Hall–Kier alpha value is -2.19. The van der Waals surface area contributed by atoms with Gasteiger partial charge in [0, 0.05) is 12.5 Å². The molecule has 0 amide bonds. The van der Waals surface area contributed by atoms with Gasteiger partial charge in [-0.1, -0.05) is 35.8 Å². The van der Waals surface area contributed by atoms with Crippen LogP contribution in [-0.2, 0) is 9.53 Å². The van der Waals surface area contributed by atoms with E-state index in [1.807, 2.05) is 6.08 Å². The maximum Gasteiger partial charge on any atom is 0.303 e. The summed E-state index contributed by atoms with van der Waals surface area (Å²) in [5.41, 5.74) is 2.21. The van der Waals surface area contributed by atoms with Crippen molar-refractivity contribution in [1.82, 2.24) is 0 Å². The number of rotatable bonds is 2. The molecule has 0 bridgehead atoms. The Labute approximate surface area is 107 Å². The smallest absolute Gasteiger partial charge is 0.303 e. The van der Waals surface area contributed by atoms with Gasteiger partial charge in [-0.15, -0.1) is 6.58 Å². The van der Waals surface area contributed by atoms with E-state index in [4.69, 9.17) is 4.74 Å². The first-order chi connectivity index (χ1) is 8.70. The predicted molar refractivity (Wildman–Crippen MR) is 70.2 cm³/mol. The Morgan fingerprint density at radius 3 is 3.11 bits per heavy atom. The molecular weight excluding hydrogens is 224 g/mol. The molecule has 0 heterocycles. The van der Waals surface area contributed by atoms with Crippen LogP contribution in [0, 0.1) is 29.6 Å². The first-order valence-electron chi connectivity index (χ1n) is 5.92. The second kappa shape index (κ2) is 5.43. The predicted octanol–water partition coefficient (Wildman–Crippen LogP) is 2.39. The van der Waals surface area contributed by atoms with E-state index >= 15 is 0 Å². The molecule has 0 spiro atoms. The van der Waals surface area contributed by atoms with Gasteiger partial charge in [0.05, 0.1) is 5.92 Å². The lowest BCUT2D eigenvalue weighted by Gasteiger charge is -2.14. The zero-order valence-electron chi connectivity index (χ0n) is 10.3. The van der Waals surface area contributed by atoms with E-state index in [1.165, 1.54) is 12.5 Å². The molecule has 2 aliphatic carbocycles. The summed E-state index contributed by atoms with van der Waals surface area (Å²) in [5, 5.41) is 0. The van der Waals surface area contributed by atoms with Crippen molar-refractivity contribution in [2.75, 3.05) is 0 Å². The summed E-state index contributed by atoms with van der Waals surface area (Å²) in [7, 11) is 0. The van der Waals surface area contributed by atoms with Crippen LogP contribution in [-0.4, -0.2) is 12.1 Å². The standard InChI is InChI=1S/C16H14O2/c1-3-13-10-11-15-7-4-6-14(15)8-5-9-16(13)18-12(2)17/h3,7-8,13,16H,1,4,6H2,2H3/b14-8-/t13-,16+/m1/s1. The summed E-state index contributed by atoms with van der Waals surface area (Å²) in [5.74, 6) is 11.5. The number of ether oxygens (including phenoxy) is 1. The number of allylic oxidation sites excluding steroid dienone is 4. The van der Waals surface area contributed by atoms with E-state index < -0.39 is 6.10 Å². The minimum atomic E-state index is -0.538. The average Bonchev–Trinajstić information content (AvgIpc) is 2.77. The van der Waals surface area contributed by atoms with E-state index in [-0.39, 0.29) is 11.9 Å². The molecule has 0 unspecified atom stereocenters. The maximum absolute atomic E-state index is 11.1. The topological polar surface area (TPSA) is 26.3 Å². The van der Waals surface area contributed by atoms with E-state index in [0.717, 1.165) is 18.4 Å². The molecule has 0 fully saturated rings. The lowest BCUT2D eigenvalue weighted by molar-refractivity contribution is -0.144. The summed E-state index contributed by atoms with van der Waals surface area (Å²) >= 11 is 0. The van der Waals surface area contributed by atoms with Crippen LogP contribution in [0.3, 0.4) is 0 Å². The second-order valence-corrected chi connectivity index (χ2v) is 4.18. The highest BCUT2D eigenvalue weighted by atomic mass is 16.5. The Balaban J connectivity index is 2.35. The molecule has 2 atom stereocenters. The Bertz CT molecular complexity index is 555. The van der Waals surface area contributed by atoms with Crippen LogP contribution < -0.4 is 0 Å². The van der Waals surface area contributed by atoms with Crippen molar-refractivity contribution in [3.8, 4) is 23.7 Å². The van der Waals surface area contributed by atoms with Gasteiger partial charge in [-0.3, -0.25) is 4.79 Å². The van der Waals surface area contributed by atoms with Crippen LogP contribution in [0.5, 0.6) is 0 Å². The molecule has 90 valence electrons. The number of hydrogen-bond donors (Lipinski definition) is 0. The number of carbonyl (C=O) groups excluding carboxylic acids is 1. The van der Waals surface area contributed by atoms with Crippen LogP contribution in [0.2, 0.25) is 0 Å². The van der Waals surface area contributed by atoms with Gasteiger partial charge in [0.15, 0.2) is 6.10 Å². The summed E-state index contributed by atoms with van der Waals surface area (Å²) in [6, 6.07) is 0. The van der Waals surface area contributed by atoms with Crippen LogP contribution in [0.15, 0.2) is 36.0 Å². The summed E-state index contributed by atoms with van der Waals surface area (Å²) in [4.78, 5) is 11.1. The van der Waals surface area contributed by atoms with Gasteiger partial charge < -0.3 is 4.74 Å². The number of carbonyl (C=O) groups is 1. The number of fused-ring (bicyclic) bond motifs is 1. The Morgan fingerprint density at radius 1 is 1.56 bits per heavy atom. The fourth-order valence-corrected chi connectivity index (χ4v) is 1.92. The SMILES string of the molecule is C=C[C@@H]1C#CC2=CCC/C2=C/C#C[C@@H]1OC(C)=O. The van der Waals surface area contributed by atoms with Crippen molar-refractivity contribution >= 4 is 5.97 Å². The van der Waals surface area contributed by atoms with Gasteiger partial charge in [0.2, 0.25) is 0 Å². The quantitative estimate of drug-likeness (QED) is 0.419.